The number of aliphatic hydroxyl groups is 1. The van der Waals surface area contributed by atoms with Crippen LogP contribution < -0.4 is 0 Å². The Kier molecular flexibility index (Phi) is 10.4. The molecule has 0 unspecified atom stereocenters. The van der Waals surface area contributed by atoms with Gasteiger partial charge in [0.05, 0.1) is 6.10 Å². The Morgan fingerprint density at radius 3 is 2.11 bits per heavy atom. The molecule has 0 fully saturated rings. The van der Waals surface area contributed by atoms with Crippen molar-refractivity contribution in [1.82, 2.24) is 0 Å². The van der Waals surface area contributed by atoms with E-state index < -0.39 is 0 Å². The summed E-state index contributed by atoms with van der Waals surface area (Å²) >= 11 is 0. The first-order chi connectivity index (χ1) is 8.49. The molecule has 0 aromatic carbocycles. The van der Waals surface area contributed by atoms with Crippen molar-refractivity contribution in [2.24, 2.45) is 11.8 Å². The van der Waals surface area contributed by atoms with Gasteiger partial charge in [-0.25, -0.2) is 0 Å². The molecule has 0 radical (unpaired) electrons. The zero-order chi connectivity index (χ0) is 14.0. The molecule has 108 valence electrons. The highest BCUT2D eigenvalue weighted by molar-refractivity contribution is 4.99. The minimum absolute atomic E-state index is 0.184. The molecule has 0 aliphatic carbocycles. The standard InChI is InChI=1S/C17H34O/c1-6-7-8-9-10-11-12-17(18)16(15(4)5)13-14(2)3/h14,16-18H,4,6-13H2,1-3,5H3/t16-,17+/m0/s1. The van der Waals surface area contributed by atoms with Crippen LogP contribution in [0, 0.1) is 11.8 Å². The van der Waals surface area contributed by atoms with E-state index >= 15 is 0 Å². The molecule has 1 nitrogen and oxygen atoms in total. The van der Waals surface area contributed by atoms with Crippen LogP contribution in [0.1, 0.15) is 79.1 Å². The minimum atomic E-state index is -0.184. The Hall–Kier alpha value is -0.300. The predicted molar refractivity (Wildman–Crippen MR) is 81.8 cm³/mol. The second kappa shape index (κ2) is 10.6. The van der Waals surface area contributed by atoms with Gasteiger partial charge in [-0.05, 0) is 25.7 Å². The number of hydrogen-bond donors (Lipinski definition) is 1. The van der Waals surface area contributed by atoms with Crippen LogP contribution in [-0.2, 0) is 0 Å². The van der Waals surface area contributed by atoms with E-state index in [1.807, 2.05) is 0 Å². The van der Waals surface area contributed by atoms with E-state index in [-0.39, 0.29) is 6.10 Å². The lowest BCUT2D eigenvalue weighted by atomic mass is 9.85. The summed E-state index contributed by atoms with van der Waals surface area (Å²) in [6, 6.07) is 0. The third-order valence-electron chi connectivity index (χ3n) is 3.68. The summed E-state index contributed by atoms with van der Waals surface area (Å²) in [5, 5.41) is 10.3. The molecule has 0 aliphatic heterocycles. The van der Waals surface area contributed by atoms with Gasteiger partial charge in [0.1, 0.15) is 0 Å². The second-order valence-electron chi connectivity index (χ2n) is 6.21. The maximum Gasteiger partial charge on any atom is 0.0605 e. The quantitative estimate of drug-likeness (QED) is 0.390. The van der Waals surface area contributed by atoms with Crippen molar-refractivity contribution in [3.8, 4) is 0 Å². The first-order valence-electron chi connectivity index (χ1n) is 7.82. The van der Waals surface area contributed by atoms with Crippen molar-refractivity contribution in [3.63, 3.8) is 0 Å². The number of aliphatic hydroxyl groups excluding tert-OH is 1. The molecule has 0 saturated carbocycles. The summed E-state index contributed by atoms with van der Waals surface area (Å²) in [7, 11) is 0. The summed E-state index contributed by atoms with van der Waals surface area (Å²) in [6.45, 7) is 12.8. The van der Waals surface area contributed by atoms with Crippen LogP contribution in [0.3, 0.4) is 0 Å². The first kappa shape index (κ1) is 17.7. The van der Waals surface area contributed by atoms with E-state index in [4.69, 9.17) is 0 Å². The molecule has 0 spiro atoms. The lowest BCUT2D eigenvalue weighted by Gasteiger charge is -2.25. The summed E-state index contributed by atoms with van der Waals surface area (Å²) in [5.41, 5.74) is 1.14. The maximum atomic E-state index is 10.3. The summed E-state index contributed by atoms with van der Waals surface area (Å²) in [5.74, 6) is 0.923. The highest BCUT2D eigenvalue weighted by Gasteiger charge is 2.20. The fourth-order valence-corrected chi connectivity index (χ4v) is 2.53. The topological polar surface area (TPSA) is 20.2 Å². The average Bonchev–Trinajstić information content (AvgIpc) is 2.29. The highest BCUT2D eigenvalue weighted by atomic mass is 16.3. The highest BCUT2D eigenvalue weighted by Crippen LogP contribution is 2.25. The van der Waals surface area contributed by atoms with Crippen molar-refractivity contribution < 1.29 is 5.11 Å². The van der Waals surface area contributed by atoms with Gasteiger partial charge in [0.15, 0.2) is 0 Å². The third-order valence-corrected chi connectivity index (χ3v) is 3.68. The van der Waals surface area contributed by atoms with Gasteiger partial charge in [0.2, 0.25) is 0 Å². The molecule has 0 amide bonds. The van der Waals surface area contributed by atoms with E-state index in [9.17, 15) is 5.11 Å². The molecular formula is C17H34O. The lowest BCUT2D eigenvalue weighted by Crippen LogP contribution is -2.22. The summed E-state index contributed by atoms with van der Waals surface area (Å²) < 4.78 is 0. The van der Waals surface area contributed by atoms with Crippen molar-refractivity contribution in [2.75, 3.05) is 0 Å². The van der Waals surface area contributed by atoms with Crippen molar-refractivity contribution in [1.29, 1.82) is 0 Å². The molecule has 1 heteroatoms. The molecule has 2 atom stereocenters. The molecule has 0 rings (SSSR count). The van der Waals surface area contributed by atoms with Crippen LogP contribution in [0.4, 0.5) is 0 Å². The fraction of sp³-hybridized carbons (Fsp3) is 0.882. The molecule has 0 aromatic rings. The van der Waals surface area contributed by atoms with Gasteiger partial charge in [-0.2, -0.15) is 0 Å². The van der Waals surface area contributed by atoms with Gasteiger partial charge in [-0.3, -0.25) is 0 Å². The Labute approximate surface area is 115 Å². The Morgan fingerprint density at radius 2 is 1.61 bits per heavy atom. The molecule has 0 aromatic heterocycles. The molecule has 18 heavy (non-hydrogen) atoms. The number of unbranched alkanes of at least 4 members (excludes halogenated alkanes) is 5. The Morgan fingerprint density at radius 1 is 1.06 bits per heavy atom. The monoisotopic (exact) mass is 254 g/mol. The van der Waals surface area contributed by atoms with Gasteiger partial charge in [-0.1, -0.05) is 71.4 Å². The Bertz CT molecular complexity index is 208. The van der Waals surface area contributed by atoms with Crippen LogP contribution >= 0.6 is 0 Å². The SMILES string of the molecule is C=C(C)[C@H](CC(C)C)[C@H](O)CCCCCCCC. The van der Waals surface area contributed by atoms with E-state index in [0.29, 0.717) is 11.8 Å². The average molecular weight is 254 g/mol. The van der Waals surface area contributed by atoms with E-state index in [0.717, 1.165) is 24.8 Å². The summed E-state index contributed by atoms with van der Waals surface area (Å²) in [6.07, 6.45) is 9.57. The van der Waals surface area contributed by atoms with Gasteiger partial charge < -0.3 is 5.11 Å². The van der Waals surface area contributed by atoms with Crippen molar-refractivity contribution in [2.45, 2.75) is 85.2 Å². The van der Waals surface area contributed by atoms with Crippen LogP contribution in [0.25, 0.3) is 0 Å². The van der Waals surface area contributed by atoms with Crippen LogP contribution in [-0.4, -0.2) is 11.2 Å². The van der Waals surface area contributed by atoms with Gasteiger partial charge in [-0.15, -0.1) is 0 Å². The lowest BCUT2D eigenvalue weighted by molar-refractivity contribution is 0.102. The molecule has 0 saturated heterocycles. The zero-order valence-electron chi connectivity index (χ0n) is 13.0. The number of rotatable bonds is 11. The van der Waals surface area contributed by atoms with Gasteiger partial charge in [0, 0.05) is 5.92 Å². The van der Waals surface area contributed by atoms with Gasteiger partial charge in [0.25, 0.3) is 0 Å². The molecule has 0 aliphatic rings. The van der Waals surface area contributed by atoms with Crippen LogP contribution in [0.2, 0.25) is 0 Å². The smallest absolute Gasteiger partial charge is 0.0605 e. The van der Waals surface area contributed by atoms with Gasteiger partial charge >= 0.3 is 0 Å². The molecule has 1 N–H and O–H groups in total. The zero-order valence-corrected chi connectivity index (χ0v) is 13.0. The first-order valence-corrected chi connectivity index (χ1v) is 7.82. The Balaban J connectivity index is 3.82. The fourth-order valence-electron chi connectivity index (χ4n) is 2.53. The minimum Gasteiger partial charge on any atom is -0.393 e. The third kappa shape index (κ3) is 8.74. The van der Waals surface area contributed by atoms with E-state index in [2.05, 4.69) is 34.3 Å². The van der Waals surface area contributed by atoms with E-state index in [1.165, 1.54) is 32.1 Å². The maximum absolute atomic E-state index is 10.3. The van der Waals surface area contributed by atoms with Crippen LogP contribution in [0.5, 0.6) is 0 Å². The van der Waals surface area contributed by atoms with Crippen molar-refractivity contribution in [3.05, 3.63) is 12.2 Å². The predicted octanol–water partition coefficient (Wildman–Crippen LogP) is 5.34. The molecular weight excluding hydrogens is 220 g/mol. The molecule has 0 heterocycles. The van der Waals surface area contributed by atoms with Crippen LogP contribution in [0.15, 0.2) is 12.2 Å². The number of hydrogen-bond acceptors (Lipinski definition) is 1. The van der Waals surface area contributed by atoms with Crippen molar-refractivity contribution >= 4 is 0 Å². The summed E-state index contributed by atoms with van der Waals surface area (Å²) in [4.78, 5) is 0. The largest absolute Gasteiger partial charge is 0.393 e. The molecule has 0 bridgehead atoms. The second-order valence-corrected chi connectivity index (χ2v) is 6.21. The van der Waals surface area contributed by atoms with E-state index in [1.54, 1.807) is 0 Å². The normalized spacial score (nSPS) is 14.8.